The molecule has 0 aliphatic rings. The summed E-state index contributed by atoms with van der Waals surface area (Å²) in [7, 11) is 0. The highest BCUT2D eigenvalue weighted by Gasteiger charge is 2.13. The molecule has 0 bridgehead atoms. The van der Waals surface area contributed by atoms with Crippen LogP contribution in [0.15, 0.2) is 41.0 Å². The van der Waals surface area contributed by atoms with E-state index in [-0.39, 0.29) is 17.7 Å². The monoisotopic (exact) mass is 703 g/mol. The van der Waals surface area contributed by atoms with Crippen molar-refractivity contribution in [3.63, 3.8) is 0 Å². The molecule has 51 heavy (non-hydrogen) atoms. The number of unbranched alkanes of at least 4 members (excludes halogenated alkanes) is 1. The van der Waals surface area contributed by atoms with Gasteiger partial charge in [-0.15, -0.1) is 0 Å². The number of pyridine rings is 1. The van der Waals surface area contributed by atoms with Gasteiger partial charge in [-0.2, -0.15) is 0 Å². The number of carbonyl (C=O) groups excluding carboxylic acids is 2. The number of aromatic amines is 1. The van der Waals surface area contributed by atoms with Gasteiger partial charge in [0.2, 0.25) is 0 Å². The molecule has 2 aromatic rings. The maximum absolute atomic E-state index is 13.3. The number of ketones is 1. The minimum absolute atomic E-state index is 0.142. The van der Waals surface area contributed by atoms with Gasteiger partial charge in [-0.3, -0.25) is 14.8 Å². The summed E-state index contributed by atoms with van der Waals surface area (Å²) >= 11 is 0. The lowest BCUT2D eigenvalue weighted by Gasteiger charge is -2.17. The van der Waals surface area contributed by atoms with Crippen LogP contribution in [0.4, 0.5) is 5.69 Å². The lowest BCUT2D eigenvalue weighted by molar-refractivity contribution is -0.116. The van der Waals surface area contributed by atoms with E-state index < -0.39 is 0 Å². The third kappa shape index (κ3) is 17.5. The van der Waals surface area contributed by atoms with Crippen molar-refractivity contribution in [2.45, 2.75) is 167 Å². The largest absolute Gasteiger partial charge is 0.355 e. The first-order valence-corrected chi connectivity index (χ1v) is 19.7. The molecule has 0 saturated heterocycles. The standard InChI is InChI=1S/C31H44N4O.C10H22.C4H8O/c1-10-20(6)27-17-28(23(9)33-19-27)35-31(36)24(13-4)15-26-16-29(34-30(26)21(7)11-2)25(14-5)18-32-22(8)12-3;1-5-7-8-10(4)9(3)6-2;1-3-4(2)5/h13-20,22,34H,10-12H2,1-9H3,(H,35,36);9-10H,5-8H2,1-4H3;3H2,1-2H3/b24-13+,25-14+,26-15-,30-21?,32-18?;;. The van der Waals surface area contributed by atoms with E-state index in [0.717, 1.165) is 69.9 Å². The van der Waals surface area contributed by atoms with Gasteiger partial charge in [0.1, 0.15) is 5.78 Å². The Morgan fingerprint density at radius 3 is 2.04 bits per heavy atom. The van der Waals surface area contributed by atoms with E-state index in [1.807, 2.05) is 58.3 Å². The van der Waals surface area contributed by atoms with Gasteiger partial charge < -0.3 is 15.1 Å². The molecule has 0 radical (unpaired) electrons. The summed E-state index contributed by atoms with van der Waals surface area (Å²) in [6, 6.07) is 4.44. The van der Waals surface area contributed by atoms with Crippen LogP contribution in [0, 0.1) is 18.8 Å². The van der Waals surface area contributed by atoms with Gasteiger partial charge in [0.05, 0.1) is 11.4 Å². The lowest BCUT2D eigenvalue weighted by Crippen LogP contribution is -2.26. The number of allylic oxidation sites excluding steroid dienone is 3. The lowest BCUT2D eigenvalue weighted by atomic mass is 9.89. The van der Waals surface area contributed by atoms with E-state index in [4.69, 9.17) is 0 Å². The van der Waals surface area contributed by atoms with E-state index in [2.05, 4.69) is 102 Å². The van der Waals surface area contributed by atoms with Crippen LogP contribution >= 0.6 is 0 Å². The number of carbonyl (C=O) groups is 2. The Morgan fingerprint density at radius 2 is 1.55 bits per heavy atom. The first-order valence-electron chi connectivity index (χ1n) is 19.7. The Labute approximate surface area is 312 Å². The number of nitrogens with one attached hydrogen (secondary N) is 2. The van der Waals surface area contributed by atoms with E-state index in [0.29, 0.717) is 17.9 Å². The van der Waals surface area contributed by atoms with Gasteiger partial charge >= 0.3 is 0 Å². The summed E-state index contributed by atoms with van der Waals surface area (Å²) in [5.74, 6) is 2.36. The highest BCUT2D eigenvalue weighted by Crippen LogP contribution is 2.23. The zero-order chi connectivity index (χ0) is 39.1. The Hall–Kier alpha value is -3.54. The van der Waals surface area contributed by atoms with Crippen LogP contribution in [0.25, 0.3) is 17.2 Å². The van der Waals surface area contributed by atoms with Gasteiger partial charge in [-0.1, -0.05) is 100 Å². The molecular weight excluding hydrogens is 629 g/mol. The molecule has 0 spiro atoms. The van der Waals surface area contributed by atoms with E-state index >= 15 is 0 Å². The average Bonchev–Trinajstić information content (AvgIpc) is 3.56. The van der Waals surface area contributed by atoms with Crippen molar-refractivity contribution >= 4 is 40.8 Å². The van der Waals surface area contributed by atoms with E-state index in [9.17, 15) is 9.59 Å². The fourth-order valence-corrected chi connectivity index (χ4v) is 4.92. The predicted octanol–water partition coefficient (Wildman–Crippen LogP) is 11.3. The highest BCUT2D eigenvalue weighted by atomic mass is 16.1. The number of anilines is 1. The molecule has 2 rings (SSSR count). The Bertz CT molecular complexity index is 1540. The molecule has 0 aliphatic heterocycles. The van der Waals surface area contributed by atoms with Crippen LogP contribution < -0.4 is 15.9 Å². The number of Topliss-reactive ketones (excluding diaryl/α,β-unsaturated/α-hetero) is 1. The van der Waals surface area contributed by atoms with Crippen molar-refractivity contribution < 1.29 is 9.59 Å². The Balaban J connectivity index is 0.00000139. The van der Waals surface area contributed by atoms with Crippen LogP contribution in [0.5, 0.6) is 0 Å². The molecule has 6 heteroatoms. The van der Waals surface area contributed by atoms with Crippen molar-refractivity contribution in [3.8, 4) is 0 Å². The minimum atomic E-state index is -0.142. The average molecular weight is 703 g/mol. The van der Waals surface area contributed by atoms with Gasteiger partial charge in [-0.25, -0.2) is 0 Å². The smallest absolute Gasteiger partial charge is 0.255 e. The van der Waals surface area contributed by atoms with Crippen LogP contribution in [0.2, 0.25) is 0 Å². The van der Waals surface area contributed by atoms with Crippen molar-refractivity contribution in [2.24, 2.45) is 16.8 Å². The summed E-state index contributed by atoms with van der Waals surface area (Å²) in [5, 5.41) is 5.13. The molecule has 286 valence electrons. The highest BCUT2D eigenvalue weighted by molar-refractivity contribution is 6.10. The number of amides is 1. The summed E-state index contributed by atoms with van der Waals surface area (Å²) < 4.78 is 0. The maximum Gasteiger partial charge on any atom is 0.255 e. The quantitative estimate of drug-likeness (QED) is 0.135. The molecule has 2 N–H and O–H groups in total. The third-order valence-electron chi connectivity index (χ3n) is 10.0. The zero-order valence-electron chi connectivity index (χ0n) is 35.2. The number of aliphatic imine (C=N–C) groups is 1. The number of H-pyrrole nitrogens is 1. The van der Waals surface area contributed by atoms with Crippen molar-refractivity contribution in [3.05, 3.63) is 63.6 Å². The van der Waals surface area contributed by atoms with Gasteiger partial charge in [-0.05, 0) is 108 Å². The molecular formula is C45H74N4O2. The molecule has 0 aromatic carbocycles. The normalized spacial score (nSPS) is 15.2. The van der Waals surface area contributed by atoms with Gasteiger partial charge in [0, 0.05) is 52.3 Å². The topological polar surface area (TPSA) is 87.2 Å². The summed E-state index contributed by atoms with van der Waals surface area (Å²) in [4.78, 5) is 35.9. The maximum atomic E-state index is 13.3. The molecule has 4 atom stereocenters. The molecule has 2 aromatic heterocycles. The van der Waals surface area contributed by atoms with E-state index in [1.54, 1.807) is 6.92 Å². The van der Waals surface area contributed by atoms with Crippen molar-refractivity contribution in [1.29, 1.82) is 0 Å². The first kappa shape index (κ1) is 47.5. The molecule has 1 amide bonds. The summed E-state index contributed by atoms with van der Waals surface area (Å²) in [6.45, 7) is 31.4. The number of hydrogen-bond acceptors (Lipinski definition) is 4. The van der Waals surface area contributed by atoms with Gasteiger partial charge in [0.15, 0.2) is 0 Å². The van der Waals surface area contributed by atoms with Crippen LogP contribution in [-0.4, -0.2) is 33.9 Å². The fraction of sp³-hybridized carbons (Fsp3) is 0.600. The first-order chi connectivity index (χ1) is 24.2. The second-order valence-electron chi connectivity index (χ2n) is 14.0. The molecule has 0 saturated carbocycles. The number of aryl methyl sites for hydroxylation is 1. The Kier molecular flexibility index (Phi) is 24.4. The van der Waals surface area contributed by atoms with E-state index in [1.165, 1.54) is 31.3 Å². The minimum Gasteiger partial charge on any atom is -0.355 e. The number of rotatable bonds is 16. The number of hydrogen-bond donors (Lipinski definition) is 2. The fourth-order valence-electron chi connectivity index (χ4n) is 4.92. The van der Waals surface area contributed by atoms with Gasteiger partial charge in [0.25, 0.3) is 5.91 Å². The summed E-state index contributed by atoms with van der Waals surface area (Å²) in [6.07, 6.45) is 18.9. The molecule has 4 unspecified atom stereocenters. The second kappa shape index (κ2) is 26.3. The summed E-state index contributed by atoms with van der Waals surface area (Å²) in [5.41, 5.74) is 6.57. The molecule has 0 aliphatic carbocycles. The van der Waals surface area contributed by atoms with Crippen LogP contribution in [0.1, 0.15) is 171 Å². The third-order valence-corrected chi connectivity index (χ3v) is 10.0. The zero-order valence-corrected chi connectivity index (χ0v) is 35.2. The van der Waals surface area contributed by atoms with Crippen molar-refractivity contribution in [1.82, 2.24) is 9.97 Å². The molecule has 2 heterocycles. The predicted molar refractivity (Wildman–Crippen MR) is 225 cm³/mol. The molecule has 0 fully saturated rings. The number of nitrogens with zero attached hydrogens (tertiary/aromatic N) is 2. The van der Waals surface area contributed by atoms with Crippen molar-refractivity contribution in [2.75, 3.05) is 5.32 Å². The second-order valence-corrected chi connectivity index (χ2v) is 14.0. The Morgan fingerprint density at radius 1 is 0.902 bits per heavy atom. The number of aromatic nitrogens is 2. The molecule has 6 nitrogen and oxygen atoms in total. The van der Waals surface area contributed by atoms with Crippen LogP contribution in [0.3, 0.4) is 0 Å². The SMILES string of the molecule is C/C=C(\C=NC(C)CC)c1c/c(=C/C(=C\C)C(=O)Nc2cc(C(C)CC)cnc2C)c(=C(C)CC)[nH]1.CCC(C)=O.CCCCC(C)C(C)CC. The van der Waals surface area contributed by atoms with Crippen LogP contribution in [-0.2, 0) is 9.59 Å².